The van der Waals surface area contributed by atoms with Gasteiger partial charge in [-0.15, -0.1) is 0 Å². The highest BCUT2D eigenvalue weighted by Crippen LogP contribution is 2.54. The van der Waals surface area contributed by atoms with E-state index in [1.807, 2.05) is 18.2 Å². The molecule has 0 spiro atoms. The highest BCUT2D eigenvalue weighted by Gasteiger charge is 2.37. The zero-order valence-corrected chi connectivity index (χ0v) is 27.0. The fourth-order valence-corrected chi connectivity index (χ4v) is 7.91. The van der Waals surface area contributed by atoms with Crippen LogP contribution < -0.4 is 10.2 Å². The summed E-state index contributed by atoms with van der Waals surface area (Å²) in [5, 5.41) is 6.01. The molecule has 49 heavy (non-hydrogen) atoms. The molecule has 3 aliphatic rings. The number of rotatable bonds is 4. The summed E-state index contributed by atoms with van der Waals surface area (Å²) in [6.07, 6.45) is 7.44. The van der Waals surface area contributed by atoms with Crippen LogP contribution in [0.3, 0.4) is 0 Å². The van der Waals surface area contributed by atoms with E-state index in [4.69, 9.17) is 9.15 Å². The fourth-order valence-electron chi connectivity index (χ4n) is 7.91. The van der Waals surface area contributed by atoms with Crippen molar-refractivity contribution in [2.45, 2.75) is 12.6 Å². The van der Waals surface area contributed by atoms with Gasteiger partial charge < -0.3 is 19.4 Å². The maximum Gasteiger partial charge on any atom is 0.136 e. The number of hydrogen-bond donors (Lipinski definition) is 1. The number of methoxy groups -OCH3 is 1. The summed E-state index contributed by atoms with van der Waals surface area (Å²) < 4.78 is 12.2. The van der Waals surface area contributed by atoms with Crippen molar-refractivity contribution in [3.8, 4) is 22.3 Å². The van der Waals surface area contributed by atoms with E-state index in [9.17, 15) is 0 Å². The van der Waals surface area contributed by atoms with E-state index in [0.717, 1.165) is 38.8 Å². The molecule has 1 atom stereocenters. The molecule has 0 bridgehead atoms. The first-order chi connectivity index (χ1) is 24.2. The Bertz CT molecular complexity index is 2550. The normalized spacial score (nSPS) is 16.1. The minimum Gasteiger partial charge on any atom is -0.500 e. The minimum atomic E-state index is 0.0717. The van der Waals surface area contributed by atoms with Crippen molar-refractivity contribution < 1.29 is 9.15 Å². The maximum atomic E-state index is 6.20. The van der Waals surface area contributed by atoms with Crippen LogP contribution >= 0.6 is 0 Å². The van der Waals surface area contributed by atoms with Crippen LogP contribution in [0.25, 0.3) is 55.3 Å². The van der Waals surface area contributed by atoms with E-state index in [-0.39, 0.29) is 6.17 Å². The second kappa shape index (κ2) is 10.9. The molecule has 0 amide bonds. The zero-order valence-electron chi connectivity index (χ0n) is 27.0. The van der Waals surface area contributed by atoms with Crippen molar-refractivity contribution in [1.82, 2.24) is 0 Å². The van der Waals surface area contributed by atoms with Crippen LogP contribution in [0.4, 0.5) is 17.1 Å². The van der Waals surface area contributed by atoms with Gasteiger partial charge in [-0.3, -0.25) is 0 Å². The summed E-state index contributed by atoms with van der Waals surface area (Å²) in [4.78, 5) is 2.43. The first-order valence-corrected chi connectivity index (χ1v) is 16.8. The van der Waals surface area contributed by atoms with Crippen LogP contribution in [0.5, 0.6) is 0 Å². The number of allylic oxidation sites excluding steroid dienone is 5. The summed E-state index contributed by atoms with van der Waals surface area (Å²) in [5.41, 5.74) is 16.2. The van der Waals surface area contributed by atoms with Gasteiger partial charge in [0.1, 0.15) is 23.1 Å². The third-order valence-electron chi connectivity index (χ3n) is 10.2. The standard InChI is InChI=1S/C45H32N2O2/c1-48-41-26-23-29(21-24-33(41)34-11-8-16-43-44(34)36-10-3-7-15-42(36)49-43)28-17-19-30(20-18-28)31-22-25-35-37(27-31)32-9-2-5-13-39(32)47-40-14-6-4-12-38(40)46-45(35)47/h2-25,27,45-46H,26H2,1H3. The van der Waals surface area contributed by atoms with E-state index in [1.54, 1.807) is 7.11 Å². The summed E-state index contributed by atoms with van der Waals surface area (Å²) in [6, 6.07) is 47.7. The second-order valence-electron chi connectivity index (χ2n) is 12.8. The quantitative estimate of drug-likeness (QED) is 0.209. The lowest BCUT2D eigenvalue weighted by atomic mass is 9.88. The molecule has 1 unspecified atom stereocenters. The Morgan fingerprint density at radius 2 is 1.39 bits per heavy atom. The maximum absolute atomic E-state index is 6.20. The van der Waals surface area contributed by atoms with Crippen LogP contribution in [0.15, 0.2) is 162 Å². The van der Waals surface area contributed by atoms with Crippen molar-refractivity contribution >= 4 is 50.1 Å². The number of benzene rings is 6. The Labute approximate surface area is 284 Å². The summed E-state index contributed by atoms with van der Waals surface area (Å²) in [7, 11) is 1.76. The molecule has 10 rings (SSSR count). The topological polar surface area (TPSA) is 37.6 Å². The molecule has 4 heteroatoms. The molecule has 7 aromatic rings. The Hall–Kier alpha value is -6.26. The van der Waals surface area contributed by atoms with Crippen LogP contribution in [-0.4, -0.2) is 7.11 Å². The van der Waals surface area contributed by atoms with Crippen LogP contribution in [-0.2, 0) is 4.74 Å². The smallest absolute Gasteiger partial charge is 0.136 e. The number of fused-ring (bicyclic) bond motifs is 11. The third kappa shape index (κ3) is 4.31. The van der Waals surface area contributed by atoms with Crippen molar-refractivity contribution in [3.63, 3.8) is 0 Å². The minimum absolute atomic E-state index is 0.0717. The highest BCUT2D eigenvalue weighted by atomic mass is 16.5. The van der Waals surface area contributed by atoms with Crippen molar-refractivity contribution in [1.29, 1.82) is 0 Å². The van der Waals surface area contributed by atoms with Gasteiger partial charge in [0.25, 0.3) is 0 Å². The molecule has 0 saturated carbocycles. The van der Waals surface area contributed by atoms with Gasteiger partial charge in [-0.2, -0.15) is 0 Å². The first-order valence-electron chi connectivity index (χ1n) is 16.8. The molecule has 1 aromatic heterocycles. The van der Waals surface area contributed by atoms with E-state index in [2.05, 4.69) is 144 Å². The Morgan fingerprint density at radius 1 is 0.653 bits per heavy atom. The Morgan fingerprint density at radius 3 is 2.29 bits per heavy atom. The number of furan rings is 1. The van der Waals surface area contributed by atoms with Gasteiger partial charge in [0.15, 0.2) is 0 Å². The molecular formula is C45H32N2O2. The largest absolute Gasteiger partial charge is 0.500 e. The van der Waals surface area contributed by atoms with Gasteiger partial charge in [-0.1, -0.05) is 115 Å². The monoisotopic (exact) mass is 632 g/mol. The second-order valence-corrected chi connectivity index (χ2v) is 12.8. The number of hydrogen-bond acceptors (Lipinski definition) is 4. The molecule has 0 radical (unpaired) electrons. The SMILES string of the molecule is COC1=C(c2cccc3oc4ccccc4c23)C=CC(c2ccc(-c3ccc4c(c3)-c3ccccc3N3c5ccccc5NC43)cc2)=CC1. The highest BCUT2D eigenvalue weighted by molar-refractivity contribution is 6.11. The van der Waals surface area contributed by atoms with Gasteiger partial charge >= 0.3 is 0 Å². The van der Waals surface area contributed by atoms with Gasteiger partial charge in [-0.05, 0) is 69.8 Å². The summed E-state index contributed by atoms with van der Waals surface area (Å²) in [5.74, 6) is 0.938. The van der Waals surface area contributed by atoms with Gasteiger partial charge in [0.2, 0.25) is 0 Å². The van der Waals surface area contributed by atoms with Crippen molar-refractivity contribution in [2.75, 3.05) is 17.3 Å². The van der Waals surface area contributed by atoms with Gasteiger partial charge in [0.05, 0.1) is 24.2 Å². The summed E-state index contributed by atoms with van der Waals surface area (Å²) in [6.45, 7) is 0. The lowest BCUT2D eigenvalue weighted by Gasteiger charge is -2.35. The molecule has 1 aliphatic carbocycles. The Balaban J connectivity index is 0.975. The van der Waals surface area contributed by atoms with E-state index >= 15 is 0 Å². The predicted molar refractivity (Wildman–Crippen MR) is 202 cm³/mol. The Kier molecular flexibility index (Phi) is 6.18. The summed E-state index contributed by atoms with van der Waals surface area (Å²) >= 11 is 0. The number of nitrogens with zero attached hydrogens (tertiary/aromatic N) is 1. The van der Waals surface area contributed by atoms with Crippen molar-refractivity contribution in [3.05, 3.63) is 174 Å². The van der Waals surface area contributed by atoms with E-state index in [0.29, 0.717) is 6.42 Å². The van der Waals surface area contributed by atoms with E-state index < -0.39 is 0 Å². The molecule has 0 fully saturated rings. The zero-order chi connectivity index (χ0) is 32.5. The average Bonchev–Trinajstić information content (AvgIpc) is 3.67. The first kappa shape index (κ1) is 27.8. The van der Waals surface area contributed by atoms with E-state index in [1.165, 1.54) is 56.0 Å². The molecule has 6 aromatic carbocycles. The van der Waals surface area contributed by atoms with Crippen LogP contribution in [0, 0.1) is 0 Å². The lowest BCUT2D eigenvalue weighted by molar-refractivity contribution is 0.288. The lowest BCUT2D eigenvalue weighted by Crippen LogP contribution is -2.27. The molecule has 0 saturated heterocycles. The predicted octanol–water partition coefficient (Wildman–Crippen LogP) is 11.9. The molecule has 4 nitrogen and oxygen atoms in total. The number of para-hydroxylation sites is 4. The molecular weight excluding hydrogens is 601 g/mol. The van der Waals surface area contributed by atoms with Crippen LogP contribution in [0.1, 0.15) is 29.3 Å². The number of nitrogens with one attached hydrogen (secondary N) is 1. The average molecular weight is 633 g/mol. The molecule has 2 aliphatic heterocycles. The molecule has 1 N–H and O–H groups in total. The fraction of sp³-hybridized carbons (Fsp3) is 0.0667. The third-order valence-corrected chi connectivity index (χ3v) is 10.2. The number of anilines is 3. The van der Waals surface area contributed by atoms with Gasteiger partial charge in [-0.25, -0.2) is 0 Å². The molecule has 3 heterocycles. The van der Waals surface area contributed by atoms with Gasteiger partial charge in [0, 0.05) is 33.9 Å². The molecule has 234 valence electrons. The van der Waals surface area contributed by atoms with Crippen LogP contribution in [0.2, 0.25) is 0 Å². The number of ether oxygens (including phenoxy) is 1. The van der Waals surface area contributed by atoms with Crippen molar-refractivity contribution in [2.24, 2.45) is 0 Å².